The number of methoxy groups -OCH3 is 1. The van der Waals surface area contributed by atoms with E-state index in [0.717, 1.165) is 42.9 Å². The number of piperidine rings is 1. The highest BCUT2D eigenvalue weighted by Gasteiger charge is 2.24. The Morgan fingerprint density at radius 3 is 2.40 bits per heavy atom. The number of carbonyl (C=O) groups is 2. The maximum absolute atomic E-state index is 12.8. The summed E-state index contributed by atoms with van der Waals surface area (Å²) in [5, 5.41) is 2.98. The van der Waals surface area contributed by atoms with Crippen molar-refractivity contribution < 1.29 is 14.3 Å². The van der Waals surface area contributed by atoms with E-state index in [1.807, 2.05) is 82.4 Å². The Hall–Kier alpha value is -4.13. The molecule has 0 saturated carbocycles. The molecule has 0 aliphatic carbocycles. The SMILES string of the molecule is COc1ccc(C(=O)N2CCC(c3ccc(C(=O)NCc4ccn5ccnc5c4)cc3)CC2)cc1. The summed E-state index contributed by atoms with van der Waals surface area (Å²) < 4.78 is 7.11. The summed E-state index contributed by atoms with van der Waals surface area (Å²) >= 11 is 0. The number of benzene rings is 2. The zero-order valence-corrected chi connectivity index (χ0v) is 19.7. The Kier molecular flexibility index (Phi) is 6.48. The van der Waals surface area contributed by atoms with E-state index in [2.05, 4.69) is 10.3 Å². The Morgan fingerprint density at radius 1 is 0.971 bits per heavy atom. The summed E-state index contributed by atoms with van der Waals surface area (Å²) in [6.45, 7) is 1.89. The fourth-order valence-corrected chi connectivity index (χ4v) is 4.59. The third-order valence-corrected chi connectivity index (χ3v) is 6.68. The van der Waals surface area contributed by atoms with Crippen LogP contribution in [0.25, 0.3) is 5.65 Å². The number of amides is 2. The van der Waals surface area contributed by atoms with Gasteiger partial charge in [0.25, 0.3) is 11.8 Å². The number of likely N-dealkylation sites (tertiary alicyclic amines) is 1. The Morgan fingerprint density at radius 2 is 1.69 bits per heavy atom. The van der Waals surface area contributed by atoms with Gasteiger partial charge in [0.1, 0.15) is 11.4 Å². The minimum atomic E-state index is -0.0975. The molecule has 2 aromatic heterocycles. The fourth-order valence-electron chi connectivity index (χ4n) is 4.59. The van der Waals surface area contributed by atoms with Gasteiger partial charge in [-0.2, -0.15) is 0 Å². The molecule has 0 radical (unpaired) electrons. The minimum absolute atomic E-state index is 0.0602. The van der Waals surface area contributed by atoms with E-state index < -0.39 is 0 Å². The van der Waals surface area contributed by atoms with Crippen molar-refractivity contribution >= 4 is 17.5 Å². The number of pyridine rings is 1. The second-order valence-corrected chi connectivity index (χ2v) is 8.83. The highest BCUT2D eigenvalue weighted by Crippen LogP contribution is 2.29. The second-order valence-electron chi connectivity index (χ2n) is 8.83. The summed E-state index contributed by atoms with van der Waals surface area (Å²) in [6.07, 6.45) is 7.39. The van der Waals surface area contributed by atoms with Gasteiger partial charge in [-0.1, -0.05) is 12.1 Å². The lowest BCUT2D eigenvalue weighted by atomic mass is 9.88. The maximum atomic E-state index is 12.8. The number of hydrogen-bond donors (Lipinski definition) is 1. The molecule has 5 rings (SSSR count). The molecular formula is C28H28N4O3. The molecule has 7 nitrogen and oxygen atoms in total. The lowest BCUT2D eigenvalue weighted by molar-refractivity contribution is 0.0712. The topological polar surface area (TPSA) is 75.9 Å². The van der Waals surface area contributed by atoms with Crippen LogP contribution in [0.4, 0.5) is 0 Å². The first-order valence-electron chi connectivity index (χ1n) is 11.8. The summed E-state index contributed by atoms with van der Waals surface area (Å²) in [7, 11) is 1.62. The highest BCUT2D eigenvalue weighted by molar-refractivity contribution is 5.95. The summed E-state index contributed by atoms with van der Waals surface area (Å²) in [5.41, 5.74) is 4.40. The molecule has 1 N–H and O–H groups in total. The second kappa shape index (κ2) is 10.0. The van der Waals surface area contributed by atoms with Crippen LogP contribution in [-0.2, 0) is 6.54 Å². The molecule has 35 heavy (non-hydrogen) atoms. The van der Waals surface area contributed by atoms with Crippen molar-refractivity contribution in [2.75, 3.05) is 20.2 Å². The van der Waals surface area contributed by atoms with E-state index >= 15 is 0 Å². The van der Waals surface area contributed by atoms with Gasteiger partial charge in [-0.05, 0) is 78.4 Å². The molecule has 0 bridgehead atoms. The smallest absolute Gasteiger partial charge is 0.253 e. The fraction of sp³-hybridized carbons (Fsp3) is 0.250. The predicted molar refractivity (Wildman–Crippen MR) is 134 cm³/mol. The van der Waals surface area contributed by atoms with Gasteiger partial charge in [0, 0.05) is 49.4 Å². The number of nitrogens with zero attached hydrogens (tertiary/aromatic N) is 3. The van der Waals surface area contributed by atoms with Crippen molar-refractivity contribution in [2.45, 2.75) is 25.3 Å². The van der Waals surface area contributed by atoms with Crippen LogP contribution < -0.4 is 10.1 Å². The number of rotatable bonds is 6. The van der Waals surface area contributed by atoms with Crippen LogP contribution in [0, 0.1) is 0 Å². The van der Waals surface area contributed by atoms with Crippen molar-refractivity contribution in [3.05, 3.63) is 102 Å². The van der Waals surface area contributed by atoms with Crippen molar-refractivity contribution in [1.82, 2.24) is 19.6 Å². The first-order chi connectivity index (χ1) is 17.1. The van der Waals surface area contributed by atoms with Gasteiger partial charge in [0.05, 0.1) is 7.11 Å². The van der Waals surface area contributed by atoms with Crippen molar-refractivity contribution in [2.24, 2.45) is 0 Å². The molecule has 4 aromatic rings. The lowest BCUT2D eigenvalue weighted by Crippen LogP contribution is -2.37. The van der Waals surface area contributed by atoms with Crippen LogP contribution in [0.5, 0.6) is 5.75 Å². The van der Waals surface area contributed by atoms with E-state index in [9.17, 15) is 9.59 Å². The molecule has 0 spiro atoms. The molecule has 3 heterocycles. The van der Waals surface area contributed by atoms with Crippen molar-refractivity contribution in [3.8, 4) is 5.75 Å². The predicted octanol–water partition coefficient (Wildman–Crippen LogP) is 4.29. The van der Waals surface area contributed by atoms with E-state index in [4.69, 9.17) is 4.74 Å². The molecule has 0 unspecified atom stereocenters. The van der Waals surface area contributed by atoms with Gasteiger partial charge in [0.2, 0.25) is 0 Å². The summed E-state index contributed by atoms with van der Waals surface area (Å²) in [6, 6.07) is 19.0. The third-order valence-electron chi connectivity index (χ3n) is 6.68. The standard InChI is InChI=1S/C28H28N4O3/c1-35-25-8-6-24(7-9-25)28(34)32-15-11-22(12-16-32)21-2-4-23(5-3-21)27(33)30-19-20-10-14-31-17-13-29-26(31)18-20/h2-10,13-14,17-18,22H,11-12,15-16,19H2,1H3,(H,30,33). The lowest BCUT2D eigenvalue weighted by Gasteiger charge is -2.32. The molecule has 1 saturated heterocycles. The Labute approximate surface area is 204 Å². The number of fused-ring (bicyclic) bond motifs is 1. The maximum Gasteiger partial charge on any atom is 0.253 e. The molecule has 1 fully saturated rings. The van der Waals surface area contributed by atoms with E-state index in [1.165, 1.54) is 5.56 Å². The first kappa shape index (κ1) is 22.7. The summed E-state index contributed by atoms with van der Waals surface area (Å²) in [4.78, 5) is 31.6. The van der Waals surface area contributed by atoms with Gasteiger partial charge in [0.15, 0.2) is 0 Å². The van der Waals surface area contributed by atoms with Crippen molar-refractivity contribution in [1.29, 1.82) is 0 Å². The number of aromatic nitrogens is 2. The van der Waals surface area contributed by atoms with Crippen LogP contribution in [0.2, 0.25) is 0 Å². The van der Waals surface area contributed by atoms with E-state index in [-0.39, 0.29) is 11.8 Å². The van der Waals surface area contributed by atoms with Crippen LogP contribution in [0.15, 0.2) is 79.3 Å². The minimum Gasteiger partial charge on any atom is -0.497 e. The number of ether oxygens (including phenoxy) is 1. The monoisotopic (exact) mass is 468 g/mol. The van der Waals surface area contributed by atoms with Crippen LogP contribution in [-0.4, -0.2) is 46.3 Å². The molecule has 7 heteroatoms. The zero-order valence-electron chi connectivity index (χ0n) is 19.7. The van der Waals surface area contributed by atoms with E-state index in [1.54, 1.807) is 13.3 Å². The van der Waals surface area contributed by atoms with Gasteiger partial charge < -0.3 is 19.4 Å². The highest BCUT2D eigenvalue weighted by atomic mass is 16.5. The molecule has 2 amide bonds. The molecule has 0 atom stereocenters. The Balaban J connectivity index is 1.14. The Bertz CT molecular complexity index is 1320. The average Bonchev–Trinajstić information content (AvgIpc) is 3.39. The third kappa shape index (κ3) is 5.04. The zero-order chi connectivity index (χ0) is 24.2. The van der Waals surface area contributed by atoms with Crippen LogP contribution in [0.1, 0.15) is 50.6 Å². The molecule has 1 aliphatic heterocycles. The van der Waals surface area contributed by atoms with Gasteiger partial charge in [-0.3, -0.25) is 9.59 Å². The van der Waals surface area contributed by atoms with Crippen molar-refractivity contribution in [3.63, 3.8) is 0 Å². The van der Waals surface area contributed by atoms with Gasteiger partial charge in [-0.25, -0.2) is 4.98 Å². The number of hydrogen-bond acceptors (Lipinski definition) is 4. The quantitative estimate of drug-likeness (QED) is 0.458. The summed E-state index contributed by atoms with van der Waals surface area (Å²) in [5.74, 6) is 1.09. The molecule has 2 aromatic carbocycles. The largest absolute Gasteiger partial charge is 0.497 e. The number of carbonyl (C=O) groups excluding carboxylic acids is 2. The van der Waals surface area contributed by atoms with Crippen LogP contribution >= 0.6 is 0 Å². The average molecular weight is 469 g/mol. The molecule has 1 aliphatic rings. The first-order valence-corrected chi connectivity index (χ1v) is 11.8. The molecular weight excluding hydrogens is 440 g/mol. The number of imidazole rings is 1. The normalized spacial score (nSPS) is 14.1. The van der Waals surface area contributed by atoms with E-state index in [0.29, 0.717) is 23.6 Å². The number of nitrogens with one attached hydrogen (secondary N) is 1. The van der Waals surface area contributed by atoms with Crippen LogP contribution in [0.3, 0.4) is 0 Å². The van der Waals surface area contributed by atoms with Gasteiger partial charge in [-0.15, -0.1) is 0 Å². The van der Waals surface area contributed by atoms with Gasteiger partial charge >= 0.3 is 0 Å². The molecule has 178 valence electrons.